The van der Waals surface area contributed by atoms with E-state index in [4.69, 9.17) is 0 Å². The maximum Gasteiger partial charge on any atom is 0.323 e. The lowest BCUT2D eigenvalue weighted by molar-refractivity contribution is 0.151. The van der Waals surface area contributed by atoms with Gasteiger partial charge in [-0.2, -0.15) is 0 Å². The summed E-state index contributed by atoms with van der Waals surface area (Å²) in [5, 5.41) is 6.22. The predicted octanol–water partition coefficient (Wildman–Crippen LogP) is 4.85. The summed E-state index contributed by atoms with van der Waals surface area (Å²) >= 11 is 1.52. The van der Waals surface area contributed by atoms with E-state index in [9.17, 15) is 13.6 Å². The molecule has 0 radical (unpaired) electrons. The number of aryl methyl sites for hydroxylation is 1. The summed E-state index contributed by atoms with van der Waals surface area (Å²) in [6.07, 6.45) is 3.47. The average molecular weight is 375 g/mol. The van der Waals surface area contributed by atoms with Crippen molar-refractivity contribution in [3.05, 3.63) is 40.8 Å². The number of anilines is 2. The van der Waals surface area contributed by atoms with E-state index in [1.165, 1.54) is 23.6 Å². The average Bonchev–Trinajstić information content (AvgIpc) is 3.35. The third-order valence-electron chi connectivity index (χ3n) is 4.08. The minimum atomic E-state index is -2.65. The number of carbonyl (C=O) groups is 1. The molecule has 0 spiro atoms. The van der Waals surface area contributed by atoms with Gasteiger partial charge in [-0.25, -0.2) is 23.5 Å². The quantitative estimate of drug-likeness (QED) is 0.683. The number of halogens is 2. The molecule has 0 atom stereocenters. The summed E-state index contributed by atoms with van der Waals surface area (Å²) in [5.41, 5.74) is 2.37. The fraction of sp³-hybridized carbons (Fsp3) is 0.294. The van der Waals surface area contributed by atoms with E-state index in [-0.39, 0.29) is 11.3 Å². The second-order valence-corrected chi connectivity index (χ2v) is 7.31. The Morgan fingerprint density at radius 1 is 1.27 bits per heavy atom. The van der Waals surface area contributed by atoms with Gasteiger partial charge in [-0.15, -0.1) is 0 Å². The Bertz CT molecular complexity index is 986. The first kappa shape index (κ1) is 16.8. The van der Waals surface area contributed by atoms with Crippen molar-refractivity contribution in [2.75, 3.05) is 10.6 Å². The summed E-state index contributed by atoms with van der Waals surface area (Å²) in [5.74, 6) is 0.362. The van der Waals surface area contributed by atoms with E-state index in [0.717, 1.165) is 40.0 Å². The number of aromatic nitrogens is 3. The van der Waals surface area contributed by atoms with E-state index in [2.05, 4.69) is 25.6 Å². The van der Waals surface area contributed by atoms with Gasteiger partial charge in [0.2, 0.25) is 0 Å². The predicted molar refractivity (Wildman–Crippen MR) is 96.0 cm³/mol. The Labute approximate surface area is 151 Å². The van der Waals surface area contributed by atoms with Crippen molar-refractivity contribution in [3.8, 4) is 0 Å². The van der Waals surface area contributed by atoms with Crippen molar-refractivity contribution in [2.24, 2.45) is 0 Å². The van der Waals surface area contributed by atoms with Crippen LogP contribution in [0.3, 0.4) is 0 Å². The highest BCUT2D eigenvalue weighted by Crippen LogP contribution is 2.46. The van der Waals surface area contributed by atoms with Gasteiger partial charge in [0.05, 0.1) is 28.8 Å². The van der Waals surface area contributed by atoms with Crippen LogP contribution >= 0.6 is 11.3 Å². The number of rotatable bonds is 4. The standard InChI is InChI=1S/C17H15F2N5OS/c1-8-22-14-13(9-2-3-9)12(7-21-16(14)26-8)24-17(25)23-11-4-10(15(18)19)5-20-6-11/h4-7,9,15H,2-3H2,1H3,(H2,23,24,25). The molecule has 3 heterocycles. The number of thiazole rings is 1. The molecule has 2 N–H and O–H groups in total. The second-order valence-electron chi connectivity index (χ2n) is 6.13. The SMILES string of the molecule is Cc1nc2c(C3CC3)c(NC(=O)Nc3cncc(C(F)F)c3)cnc2s1. The molecule has 26 heavy (non-hydrogen) atoms. The van der Waals surface area contributed by atoms with Crippen molar-refractivity contribution in [1.82, 2.24) is 15.0 Å². The monoisotopic (exact) mass is 375 g/mol. The lowest BCUT2D eigenvalue weighted by Gasteiger charge is -2.12. The van der Waals surface area contributed by atoms with E-state index in [1.54, 1.807) is 6.20 Å². The summed E-state index contributed by atoms with van der Waals surface area (Å²) in [4.78, 5) is 25.8. The molecule has 0 saturated heterocycles. The second kappa shape index (κ2) is 6.56. The minimum absolute atomic E-state index is 0.201. The van der Waals surface area contributed by atoms with Gasteiger partial charge in [0, 0.05) is 17.3 Å². The number of nitrogens with one attached hydrogen (secondary N) is 2. The number of carbonyl (C=O) groups excluding carboxylic acids is 1. The zero-order valence-electron chi connectivity index (χ0n) is 13.8. The van der Waals surface area contributed by atoms with Gasteiger partial charge < -0.3 is 10.6 Å². The van der Waals surface area contributed by atoms with Gasteiger partial charge >= 0.3 is 6.03 Å². The summed E-state index contributed by atoms with van der Waals surface area (Å²) in [6.45, 7) is 1.92. The zero-order chi connectivity index (χ0) is 18.3. The van der Waals surface area contributed by atoms with Crippen molar-refractivity contribution >= 4 is 39.1 Å². The van der Waals surface area contributed by atoms with Crippen LogP contribution in [0.2, 0.25) is 0 Å². The smallest absolute Gasteiger partial charge is 0.306 e. The van der Waals surface area contributed by atoms with E-state index < -0.39 is 12.5 Å². The number of urea groups is 1. The van der Waals surface area contributed by atoms with Crippen LogP contribution in [0.5, 0.6) is 0 Å². The molecule has 134 valence electrons. The van der Waals surface area contributed by atoms with Gasteiger partial charge in [0.1, 0.15) is 10.3 Å². The molecule has 6 nitrogen and oxygen atoms in total. The molecule has 0 bridgehead atoms. The Balaban J connectivity index is 1.58. The Kier molecular flexibility index (Phi) is 4.23. The first-order valence-electron chi connectivity index (χ1n) is 8.08. The highest BCUT2D eigenvalue weighted by molar-refractivity contribution is 7.18. The molecule has 9 heteroatoms. The number of pyridine rings is 2. The first-order chi connectivity index (χ1) is 12.5. The van der Waals surface area contributed by atoms with Crippen LogP contribution in [0.1, 0.15) is 41.3 Å². The molecule has 0 aliphatic heterocycles. The Morgan fingerprint density at radius 3 is 2.81 bits per heavy atom. The van der Waals surface area contributed by atoms with Crippen molar-refractivity contribution < 1.29 is 13.6 Å². The van der Waals surface area contributed by atoms with E-state index >= 15 is 0 Å². The third-order valence-corrected chi connectivity index (χ3v) is 4.95. The van der Waals surface area contributed by atoms with Gasteiger partial charge in [0.25, 0.3) is 6.43 Å². The first-order valence-corrected chi connectivity index (χ1v) is 8.90. The molecule has 2 amide bonds. The van der Waals surface area contributed by atoms with Crippen molar-refractivity contribution in [2.45, 2.75) is 32.1 Å². The third kappa shape index (κ3) is 3.34. The Morgan fingerprint density at radius 2 is 2.08 bits per heavy atom. The van der Waals surface area contributed by atoms with E-state index in [0.29, 0.717) is 11.6 Å². The number of amides is 2. The number of fused-ring (bicyclic) bond motifs is 1. The molecule has 3 aromatic heterocycles. The molecule has 0 aromatic carbocycles. The van der Waals surface area contributed by atoms with Gasteiger partial charge in [-0.3, -0.25) is 4.98 Å². The lowest BCUT2D eigenvalue weighted by atomic mass is 10.1. The topological polar surface area (TPSA) is 79.8 Å². The molecule has 1 aliphatic rings. The van der Waals surface area contributed by atoms with Crippen LogP contribution < -0.4 is 10.6 Å². The summed E-state index contributed by atoms with van der Waals surface area (Å²) < 4.78 is 25.5. The Hall–Kier alpha value is -2.68. The highest BCUT2D eigenvalue weighted by atomic mass is 32.1. The lowest BCUT2D eigenvalue weighted by Crippen LogP contribution is -2.20. The normalized spacial score (nSPS) is 14.0. The largest absolute Gasteiger partial charge is 0.323 e. The molecule has 1 fully saturated rings. The summed E-state index contributed by atoms with van der Waals surface area (Å²) in [7, 11) is 0. The highest BCUT2D eigenvalue weighted by Gasteiger charge is 2.30. The van der Waals surface area contributed by atoms with Gasteiger partial charge in [0.15, 0.2) is 0 Å². The summed E-state index contributed by atoms with van der Waals surface area (Å²) in [6, 6.07) is 0.665. The van der Waals surface area contributed by atoms with Crippen LogP contribution in [0.25, 0.3) is 10.3 Å². The molecule has 0 unspecified atom stereocenters. The molecular weight excluding hydrogens is 360 g/mol. The fourth-order valence-corrected chi connectivity index (χ4v) is 3.59. The fourth-order valence-electron chi connectivity index (χ4n) is 2.81. The zero-order valence-corrected chi connectivity index (χ0v) is 14.6. The number of hydrogen-bond donors (Lipinski definition) is 2. The minimum Gasteiger partial charge on any atom is -0.306 e. The molecular formula is C17H15F2N5OS. The van der Waals surface area contributed by atoms with Crippen LogP contribution in [-0.4, -0.2) is 21.0 Å². The molecule has 4 rings (SSSR count). The molecule has 1 aliphatic carbocycles. The van der Waals surface area contributed by atoms with Gasteiger partial charge in [-0.1, -0.05) is 11.3 Å². The van der Waals surface area contributed by atoms with Crippen molar-refractivity contribution in [3.63, 3.8) is 0 Å². The maximum atomic E-state index is 12.7. The maximum absolute atomic E-state index is 12.7. The molecule has 1 saturated carbocycles. The number of hydrogen-bond acceptors (Lipinski definition) is 5. The van der Waals surface area contributed by atoms with E-state index in [1.807, 2.05) is 6.92 Å². The number of nitrogens with zero attached hydrogens (tertiary/aromatic N) is 3. The van der Waals surface area contributed by atoms with Crippen LogP contribution in [-0.2, 0) is 0 Å². The van der Waals surface area contributed by atoms with Crippen LogP contribution in [0, 0.1) is 6.92 Å². The number of alkyl halides is 2. The van der Waals surface area contributed by atoms with Crippen LogP contribution in [0.15, 0.2) is 24.7 Å². The molecule has 3 aromatic rings. The van der Waals surface area contributed by atoms with Crippen molar-refractivity contribution in [1.29, 1.82) is 0 Å². The van der Waals surface area contributed by atoms with Gasteiger partial charge in [-0.05, 0) is 31.7 Å². The van der Waals surface area contributed by atoms with Crippen LogP contribution in [0.4, 0.5) is 25.0 Å².